The highest BCUT2D eigenvalue weighted by atomic mass is 79.9. The molecule has 0 radical (unpaired) electrons. The van der Waals surface area contributed by atoms with Gasteiger partial charge < -0.3 is 10.1 Å². The van der Waals surface area contributed by atoms with E-state index in [2.05, 4.69) is 36.8 Å². The van der Waals surface area contributed by atoms with Crippen molar-refractivity contribution in [3.63, 3.8) is 0 Å². The van der Waals surface area contributed by atoms with Crippen LogP contribution in [0.25, 0.3) is 5.69 Å². The third kappa shape index (κ3) is 4.42. The second-order valence-electron chi connectivity index (χ2n) is 5.32. The van der Waals surface area contributed by atoms with Gasteiger partial charge in [0.2, 0.25) is 0 Å². The molecule has 1 amide bonds. The van der Waals surface area contributed by atoms with Gasteiger partial charge in [-0.15, -0.1) is 5.10 Å². The van der Waals surface area contributed by atoms with E-state index < -0.39 is 0 Å². The van der Waals surface area contributed by atoms with Gasteiger partial charge in [0.05, 0.1) is 11.7 Å². The fraction of sp³-hybridized carbons (Fsp3) is 0.176. The van der Waals surface area contributed by atoms with Crippen molar-refractivity contribution in [3.05, 3.63) is 64.9 Å². The maximum absolute atomic E-state index is 12.1. The molecule has 1 aromatic heterocycles. The fourth-order valence-electron chi connectivity index (χ4n) is 2.24. The highest BCUT2D eigenvalue weighted by molar-refractivity contribution is 9.10. The summed E-state index contributed by atoms with van der Waals surface area (Å²) in [5.41, 5.74) is 0.810. The Hall–Kier alpha value is -2.74. The average molecular weight is 402 g/mol. The van der Waals surface area contributed by atoms with Crippen LogP contribution in [0.4, 0.5) is 0 Å². The lowest BCUT2D eigenvalue weighted by Crippen LogP contribution is -2.32. The average Bonchev–Trinajstić information content (AvgIpc) is 3.11. The zero-order valence-corrected chi connectivity index (χ0v) is 15.0. The Balaban J connectivity index is 1.63. The van der Waals surface area contributed by atoms with Crippen LogP contribution in [0.2, 0.25) is 0 Å². The Morgan fingerprint density at radius 1 is 1.20 bits per heavy atom. The second-order valence-corrected chi connectivity index (χ2v) is 6.23. The number of tetrazole rings is 1. The number of amides is 1. The van der Waals surface area contributed by atoms with Crippen LogP contribution in [0.15, 0.2) is 59.1 Å². The molecule has 0 saturated carbocycles. The highest BCUT2D eigenvalue weighted by Crippen LogP contribution is 2.17. The van der Waals surface area contributed by atoms with E-state index in [0.717, 1.165) is 10.2 Å². The second kappa shape index (κ2) is 7.89. The van der Waals surface area contributed by atoms with Crippen molar-refractivity contribution in [2.75, 3.05) is 6.61 Å². The quantitative estimate of drug-likeness (QED) is 0.686. The van der Waals surface area contributed by atoms with Gasteiger partial charge in [0.1, 0.15) is 5.75 Å². The summed E-state index contributed by atoms with van der Waals surface area (Å²) in [4.78, 5) is 12.1. The molecule has 0 spiro atoms. The summed E-state index contributed by atoms with van der Waals surface area (Å²) in [5, 5.41) is 14.6. The number of hydrogen-bond acceptors (Lipinski definition) is 5. The molecular formula is C17H16BrN5O2. The van der Waals surface area contributed by atoms with Gasteiger partial charge in [-0.3, -0.25) is 4.79 Å². The monoisotopic (exact) mass is 401 g/mol. The van der Waals surface area contributed by atoms with Gasteiger partial charge >= 0.3 is 0 Å². The van der Waals surface area contributed by atoms with Crippen LogP contribution in [0.3, 0.4) is 0 Å². The summed E-state index contributed by atoms with van der Waals surface area (Å²) in [6.45, 7) is 1.75. The van der Waals surface area contributed by atoms with E-state index in [-0.39, 0.29) is 18.6 Å². The molecular weight excluding hydrogens is 386 g/mol. The molecule has 25 heavy (non-hydrogen) atoms. The SMILES string of the molecule is CC(NC(=O)COc1ccccc1)c1nnnn1-c1ccc(Br)cc1. The molecule has 0 aliphatic heterocycles. The molecule has 8 heteroatoms. The Kier molecular flexibility index (Phi) is 5.39. The number of nitrogens with one attached hydrogen (secondary N) is 1. The molecule has 128 valence electrons. The summed E-state index contributed by atoms with van der Waals surface area (Å²) in [6, 6.07) is 16.4. The van der Waals surface area contributed by atoms with Gasteiger partial charge in [-0.2, -0.15) is 4.68 Å². The number of ether oxygens (including phenoxy) is 1. The number of para-hydroxylation sites is 1. The smallest absolute Gasteiger partial charge is 0.258 e. The van der Waals surface area contributed by atoms with Crippen LogP contribution in [0.1, 0.15) is 18.8 Å². The Labute approximate surface area is 153 Å². The minimum Gasteiger partial charge on any atom is -0.484 e. The Morgan fingerprint density at radius 2 is 1.92 bits per heavy atom. The number of benzene rings is 2. The largest absolute Gasteiger partial charge is 0.484 e. The number of hydrogen-bond donors (Lipinski definition) is 1. The zero-order chi connectivity index (χ0) is 17.6. The summed E-state index contributed by atoms with van der Waals surface area (Å²) in [5.74, 6) is 0.932. The summed E-state index contributed by atoms with van der Waals surface area (Å²) >= 11 is 3.39. The summed E-state index contributed by atoms with van der Waals surface area (Å²) < 4.78 is 7.99. The third-order valence-electron chi connectivity index (χ3n) is 3.44. The first kappa shape index (κ1) is 17.1. The Morgan fingerprint density at radius 3 is 2.64 bits per heavy atom. The molecule has 1 atom stereocenters. The number of halogens is 1. The van der Waals surface area contributed by atoms with E-state index in [4.69, 9.17) is 4.74 Å². The molecule has 2 aromatic carbocycles. The van der Waals surface area contributed by atoms with Crippen molar-refractivity contribution in [3.8, 4) is 11.4 Å². The van der Waals surface area contributed by atoms with Crippen molar-refractivity contribution in [1.82, 2.24) is 25.5 Å². The lowest BCUT2D eigenvalue weighted by molar-refractivity contribution is -0.123. The van der Waals surface area contributed by atoms with E-state index in [1.54, 1.807) is 16.8 Å². The van der Waals surface area contributed by atoms with Crippen molar-refractivity contribution < 1.29 is 9.53 Å². The predicted octanol–water partition coefficient (Wildman–Crippen LogP) is 2.68. The normalized spacial score (nSPS) is 11.8. The zero-order valence-electron chi connectivity index (χ0n) is 13.5. The van der Waals surface area contributed by atoms with E-state index >= 15 is 0 Å². The maximum atomic E-state index is 12.1. The van der Waals surface area contributed by atoms with Gasteiger partial charge in [-0.1, -0.05) is 34.1 Å². The maximum Gasteiger partial charge on any atom is 0.258 e. The van der Waals surface area contributed by atoms with E-state index in [1.165, 1.54) is 0 Å². The van der Waals surface area contributed by atoms with Crippen molar-refractivity contribution in [1.29, 1.82) is 0 Å². The van der Waals surface area contributed by atoms with Gasteiger partial charge in [0.25, 0.3) is 5.91 Å². The van der Waals surface area contributed by atoms with Gasteiger partial charge in [-0.25, -0.2) is 0 Å². The molecule has 1 heterocycles. The molecule has 1 unspecified atom stereocenters. The lowest BCUT2D eigenvalue weighted by Gasteiger charge is -2.14. The fourth-order valence-corrected chi connectivity index (χ4v) is 2.51. The summed E-state index contributed by atoms with van der Waals surface area (Å²) in [7, 11) is 0. The molecule has 7 nitrogen and oxygen atoms in total. The van der Waals surface area contributed by atoms with Gasteiger partial charge in [0.15, 0.2) is 12.4 Å². The standard InChI is InChI=1S/C17H16BrN5O2/c1-12(19-16(24)11-25-15-5-3-2-4-6-15)17-20-21-22-23(17)14-9-7-13(18)8-10-14/h2-10,12H,11H2,1H3,(H,19,24). The number of carbonyl (C=O) groups excluding carboxylic acids is 1. The number of carbonyl (C=O) groups is 1. The van der Waals surface area contributed by atoms with Crippen molar-refractivity contribution in [2.45, 2.75) is 13.0 Å². The third-order valence-corrected chi connectivity index (χ3v) is 3.97. The van der Waals surface area contributed by atoms with E-state index in [9.17, 15) is 4.79 Å². The number of nitrogens with zero attached hydrogens (tertiary/aromatic N) is 4. The Bertz CT molecular complexity index is 836. The molecule has 0 fully saturated rings. The van der Waals surface area contributed by atoms with Crippen LogP contribution in [0, 0.1) is 0 Å². The minimum atomic E-state index is -0.370. The van der Waals surface area contributed by atoms with Crippen LogP contribution >= 0.6 is 15.9 Å². The molecule has 0 bridgehead atoms. The van der Waals surface area contributed by atoms with E-state index in [0.29, 0.717) is 11.6 Å². The molecule has 3 rings (SSSR count). The number of aromatic nitrogens is 4. The van der Waals surface area contributed by atoms with Gasteiger partial charge in [-0.05, 0) is 53.7 Å². The molecule has 0 saturated heterocycles. The lowest BCUT2D eigenvalue weighted by atomic mass is 10.3. The van der Waals surface area contributed by atoms with Crippen molar-refractivity contribution in [2.24, 2.45) is 0 Å². The number of rotatable bonds is 6. The van der Waals surface area contributed by atoms with Crippen molar-refractivity contribution >= 4 is 21.8 Å². The van der Waals surface area contributed by atoms with Crippen LogP contribution < -0.4 is 10.1 Å². The van der Waals surface area contributed by atoms with Crippen LogP contribution in [0.5, 0.6) is 5.75 Å². The molecule has 0 aliphatic rings. The van der Waals surface area contributed by atoms with Gasteiger partial charge in [0, 0.05) is 4.47 Å². The predicted molar refractivity (Wildman–Crippen MR) is 95.3 cm³/mol. The van der Waals surface area contributed by atoms with Crippen LogP contribution in [-0.2, 0) is 4.79 Å². The topological polar surface area (TPSA) is 81.9 Å². The van der Waals surface area contributed by atoms with E-state index in [1.807, 2.05) is 49.4 Å². The minimum absolute atomic E-state index is 0.0752. The summed E-state index contributed by atoms with van der Waals surface area (Å²) in [6.07, 6.45) is 0. The molecule has 3 aromatic rings. The highest BCUT2D eigenvalue weighted by Gasteiger charge is 2.18. The first-order chi connectivity index (χ1) is 12.1. The molecule has 0 aliphatic carbocycles. The molecule has 1 N–H and O–H groups in total. The van der Waals surface area contributed by atoms with Crippen LogP contribution in [-0.4, -0.2) is 32.7 Å². The first-order valence-corrected chi connectivity index (χ1v) is 8.44. The first-order valence-electron chi connectivity index (χ1n) is 7.65.